The molecule has 0 aliphatic heterocycles. The summed E-state index contributed by atoms with van der Waals surface area (Å²) in [4.78, 5) is 10.7. The smallest absolute Gasteiger partial charge is 0.197 e. The van der Waals surface area contributed by atoms with E-state index in [9.17, 15) is 4.79 Å². The van der Waals surface area contributed by atoms with Crippen LogP contribution in [0.5, 0.6) is 0 Å². The van der Waals surface area contributed by atoms with Crippen LogP contribution in [-0.4, -0.2) is 26.3 Å². The molecule has 0 bridgehead atoms. The lowest BCUT2D eigenvalue weighted by molar-refractivity contribution is -0.194. The van der Waals surface area contributed by atoms with E-state index in [4.69, 9.17) is 9.47 Å². The second-order valence-electron chi connectivity index (χ2n) is 4.54. The molecule has 0 aromatic carbocycles. The van der Waals surface area contributed by atoms with Gasteiger partial charge in [0.1, 0.15) is 0 Å². The number of carbonyl (C=O) groups is 1. The minimum absolute atomic E-state index is 0.00201. The Morgan fingerprint density at radius 1 is 1.29 bits per heavy atom. The number of aldehydes is 1. The van der Waals surface area contributed by atoms with Gasteiger partial charge in [0.2, 0.25) is 0 Å². The van der Waals surface area contributed by atoms with Crippen LogP contribution in [0, 0.1) is 5.41 Å². The summed E-state index contributed by atoms with van der Waals surface area (Å²) >= 11 is 0. The third-order valence-corrected chi connectivity index (χ3v) is 2.05. The number of hydrogen-bond acceptors (Lipinski definition) is 3. The number of rotatable bonds is 5. The molecule has 0 atom stereocenters. The van der Waals surface area contributed by atoms with E-state index in [1.165, 1.54) is 14.2 Å². The van der Waals surface area contributed by atoms with Gasteiger partial charge in [-0.25, -0.2) is 0 Å². The average molecular weight is 200 g/mol. The Morgan fingerprint density at radius 3 is 1.93 bits per heavy atom. The van der Waals surface area contributed by atoms with E-state index in [-0.39, 0.29) is 5.41 Å². The predicted octanol–water partition coefficient (Wildman–Crippen LogP) is 2.17. The molecule has 3 heteroatoms. The van der Waals surface area contributed by atoms with Gasteiger partial charge in [-0.1, -0.05) is 27.4 Å². The highest BCUT2D eigenvalue weighted by molar-refractivity contribution is 5.74. The molecule has 0 heterocycles. The second-order valence-corrected chi connectivity index (χ2v) is 4.54. The van der Waals surface area contributed by atoms with Gasteiger partial charge in [0.15, 0.2) is 12.1 Å². The van der Waals surface area contributed by atoms with Crippen LogP contribution in [0.15, 0.2) is 12.2 Å². The monoisotopic (exact) mass is 200 g/mol. The fourth-order valence-electron chi connectivity index (χ4n) is 1.39. The molecule has 0 aliphatic carbocycles. The minimum atomic E-state index is -0.986. The van der Waals surface area contributed by atoms with Crippen LogP contribution < -0.4 is 0 Å². The third-order valence-electron chi connectivity index (χ3n) is 2.05. The highest BCUT2D eigenvalue weighted by atomic mass is 16.7. The van der Waals surface area contributed by atoms with Crippen molar-refractivity contribution in [3.63, 3.8) is 0 Å². The SMILES string of the molecule is C=C(C=O)C(CC(C)(C)C)(OC)OC. The maximum absolute atomic E-state index is 10.7. The van der Waals surface area contributed by atoms with Crippen molar-refractivity contribution in [2.45, 2.75) is 33.0 Å². The zero-order valence-corrected chi connectivity index (χ0v) is 9.72. The molecule has 0 radical (unpaired) electrons. The van der Waals surface area contributed by atoms with E-state index >= 15 is 0 Å². The van der Waals surface area contributed by atoms with Crippen molar-refractivity contribution < 1.29 is 14.3 Å². The summed E-state index contributed by atoms with van der Waals surface area (Å²) in [7, 11) is 3.04. The van der Waals surface area contributed by atoms with Crippen LogP contribution in [0.3, 0.4) is 0 Å². The van der Waals surface area contributed by atoms with Crippen molar-refractivity contribution in [1.29, 1.82) is 0 Å². The van der Waals surface area contributed by atoms with Crippen molar-refractivity contribution in [3.8, 4) is 0 Å². The molecule has 0 saturated heterocycles. The van der Waals surface area contributed by atoms with Gasteiger partial charge in [-0.2, -0.15) is 0 Å². The number of ether oxygens (including phenoxy) is 2. The summed E-state index contributed by atoms with van der Waals surface area (Å²) in [6.07, 6.45) is 1.27. The Labute approximate surface area is 86.1 Å². The van der Waals surface area contributed by atoms with Crippen molar-refractivity contribution in [2.75, 3.05) is 14.2 Å². The normalized spacial score (nSPS) is 12.6. The second kappa shape index (κ2) is 4.71. The molecule has 0 fully saturated rings. The van der Waals surface area contributed by atoms with Gasteiger partial charge in [0, 0.05) is 26.2 Å². The number of carbonyl (C=O) groups excluding carboxylic acids is 1. The zero-order valence-electron chi connectivity index (χ0n) is 9.72. The Kier molecular flexibility index (Phi) is 4.49. The van der Waals surface area contributed by atoms with Crippen LogP contribution in [-0.2, 0) is 14.3 Å². The minimum Gasteiger partial charge on any atom is -0.349 e. The maximum Gasteiger partial charge on any atom is 0.197 e. The lowest BCUT2D eigenvalue weighted by Crippen LogP contribution is -2.40. The Morgan fingerprint density at radius 2 is 1.71 bits per heavy atom. The fourth-order valence-corrected chi connectivity index (χ4v) is 1.39. The zero-order chi connectivity index (χ0) is 11.4. The molecule has 82 valence electrons. The summed E-state index contributed by atoms with van der Waals surface area (Å²) in [6.45, 7) is 9.81. The van der Waals surface area contributed by atoms with Gasteiger partial charge in [0.05, 0.1) is 0 Å². The number of hydrogen-bond donors (Lipinski definition) is 0. The molecule has 14 heavy (non-hydrogen) atoms. The standard InChI is InChI=1S/C11H20O3/c1-9(7-12)11(13-5,14-6)8-10(2,3)4/h7H,1,8H2,2-6H3. The van der Waals surface area contributed by atoms with E-state index in [1.54, 1.807) is 0 Å². The average Bonchev–Trinajstić information content (AvgIpc) is 2.11. The Hall–Kier alpha value is -0.670. The van der Waals surface area contributed by atoms with Gasteiger partial charge < -0.3 is 9.47 Å². The molecular formula is C11H20O3. The molecule has 0 aliphatic rings. The van der Waals surface area contributed by atoms with E-state index < -0.39 is 5.79 Å². The van der Waals surface area contributed by atoms with Crippen LogP contribution in [0.25, 0.3) is 0 Å². The molecular weight excluding hydrogens is 180 g/mol. The molecule has 0 saturated carbocycles. The molecule has 3 nitrogen and oxygen atoms in total. The Bertz CT molecular complexity index is 209. The van der Waals surface area contributed by atoms with Crippen molar-refractivity contribution in [1.82, 2.24) is 0 Å². The van der Waals surface area contributed by atoms with Gasteiger partial charge in [-0.3, -0.25) is 4.79 Å². The van der Waals surface area contributed by atoms with E-state index in [1.807, 2.05) is 0 Å². The van der Waals surface area contributed by atoms with E-state index in [2.05, 4.69) is 27.4 Å². The lowest BCUT2D eigenvalue weighted by atomic mass is 9.85. The van der Waals surface area contributed by atoms with Crippen molar-refractivity contribution >= 4 is 6.29 Å². The first-order valence-electron chi connectivity index (χ1n) is 4.56. The molecule has 0 unspecified atom stereocenters. The highest BCUT2D eigenvalue weighted by Gasteiger charge is 2.37. The van der Waals surface area contributed by atoms with Gasteiger partial charge in [0.25, 0.3) is 0 Å². The molecule has 0 spiro atoms. The van der Waals surface area contributed by atoms with E-state index in [0.717, 1.165) is 0 Å². The third kappa shape index (κ3) is 3.24. The topological polar surface area (TPSA) is 35.5 Å². The summed E-state index contributed by atoms with van der Waals surface area (Å²) < 4.78 is 10.5. The first-order chi connectivity index (χ1) is 6.31. The summed E-state index contributed by atoms with van der Waals surface area (Å²) in [5.41, 5.74) is 0.315. The van der Waals surface area contributed by atoms with Crippen molar-refractivity contribution in [3.05, 3.63) is 12.2 Å². The fraction of sp³-hybridized carbons (Fsp3) is 0.727. The molecule has 0 amide bonds. The molecule has 0 aromatic rings. The maximum atomic E-state index is 10.7. The molecule has 0 aromatic heterocycles. The summed E-state index contributed by atoms with van der Waals surface area (Å²) in [5, 5.41) is 0. The predicted molar refractivity (Wildman–Crippen MR) is 56.0 cm³/mol. The van der Waals surface area contributed by atoms with Crippen molar-refractivity contribution in [2.24, 2.45) is 5.41 Å². The van der Waals surface area contributed by atoms with Crippen LogP contribution >= 0.6 is 0 Å². The first kappa shape index (κ1) is 13.3. The molecule has 0 N–H and O–H groups in total. The largest absolute Gasteiger partial charge is 0.349 e. The van der Waals surface area contributed by atoms with Gasteiger partial charge >= 0.3 is 0 Å². The quantitative estimate of drug-likeness (QED) is 0.387. The summed E-state index contributed by atoms with van der Waals surface area (Å²) in [6, 6.07) is 0. The highest BCUT2D eigenvalue weighted by Crippen LogP contribution is 2.34. The van der Waals surface area contributed by atoms with Gasteiger partial charge in [-0.15, -0.1) is 0 Å². The first-order valence-corrected chi connectivity index (χ1v) is 4.56. The van der Waals surface area contributed by atoms with E-state index in [0.29, 0.717) is 18.3 Å². The van der Waals surface area contributed by atoms with Gasteiger partial charge in [-0.05, 0) is 5.41 Å². The molecule has 0 rings (SSSR count). The van der Waals surface area contributed by atoms with Crippen LogP contribution in [0.1, 0.15) is 27.2 Å². The lowest BCUT2D eigenvalue weighted by Gasteiger charge is -2.36. The summed E-state index contributed by atoms with van der Waals surface area (Å²) in [5.74, 6) is -0.986. The van der Waals surface area contributed by atoms with Crippen LogP contribution in [0.4, 0.5) is 0 Å². The van der Waals surface area contributed by atoms with Crippen LogP contribution in [0.2, 0.25) is 0 Å². The Balaban J connectivity index is 4.88. The number of methoxy groups -OCH3 is 2.